The Morgan fingerprint density at radius 2 is 1.33 bits per heavy atom. The van der Waals surface area contributed by atoms with Crippen molar-refractivity contribution in [3.63, 3.8) is 0 Å². The van der Waals surface area contributed by atoms with Gasteiger partial charge in [0.25, 0.3) is 0 Å². The molecule has 2 aromatic carbocycles. The summed E-state index contributed by atoms with van der Waals surface area (Å²) in [6.45, 7) is 4.75. The number of benzene rings is 2. The number of carbonyl (C=O) groups is 5. The summed E-state index contributed by atoms with van der Waals surface area (Å²) < 4.78 is 26.4. The van der Waals surface area contributed by atoms with Gasteiger partial charge in [-0.25, -0.2) is 0 Å². The maximum atomic E-state index is 12.9. The summed E-state index contributed by atoms with van der Waals surface area (Å²) in [5.74, 6) is -2.96. The number of Topliss-reactive ketones (excluding diaryl/α,β-unsaturated/α-hetero) is 1. The Labute approximate surface area is 188 Å². The second-order valence-corrected chi connectivity index (χ2v) is 7.11. The summed E-state index contributed by atoms with van der Waals surface area (Å²) >= 11 is 0. The molecule has 172 valence electrons. The molecule has 0 bridgehead atoms. The molecule has 0 fully saturated rings. The fourth-order valence-electron chi connectivity index (χ4n) is 3.21. The number of ketones is 1. The second kappa shape index (κ2) is 9.51. The topological polar surface area (TPSA) is 132 Å². The molecule has 2 aromatic rings. The normalized spacial score (nSPS) is 14.4. The molecule has 3 rings (SSSR count). The number of ether oxygens (including phenoxy) is 5. The summed E-state index contributed by atoms with van der Waals surface area (Å²) in [6, 6.07) is 6.98. The van der Waals surface area contributed by atoms with Crippen molar-refractivity contribution < 1.29 is 47.7 Å². The van der Waals surface area contributed by atoms with Gasteiger partial charge in [-0.05, 0) is 23.8 Å². The van der Waals surface area contributed by atoms with Gasteiger partial charge in [0.1, 0.15) is 11.9 Å². The van der Waals surface area contributed by atoms with Gasteiger partial charge in [-0.15, -0.1) is 0 Å². The van der Waals surface area contributed by atoms with Crippen LogP contribution in [0.5, 0.6) is 28.7 Å². The lowest BCUT2D eigenvalue weighted by molar-refractivity contribution is -0.134. The highest BCUT2D eigenvalue weighted by atomic mass is 16.6. The largest absolute Gasteiger partial charge is 0.481 e. The Bertz CT molecular complexity index is 1160. The van der Waals surface area contributed by atoms with E-state index in [1.807, 2.05) is 0 Å². The summed E-state index contributed by atoms with van der Waals surface area (Å²) in [5.41, 5.74) is 0.525. The van der Waals surface area contributed by atoms with E-state index < -0.39 is 30.0 Å². The van der Waals surface area contributed by atoms with E-state index in [0.29, 0.717) is 5.56 Å². The average molecular weight is 456 g/mol. The molecule has 0 saturated carbocycles. The molecule has 0 spiro atoms. The highest BCUT2D eigenvalue weighted by Gasteiger charge is 2.32. The fraction of sp³-hybridized carbons (Fsp3) is 0.261. The maximum absolute atomic E-state index is 12.9. The molecule has 10 nitrogen and oxygen atoms in total. The number of fused-ring (bicyclic) bond motifs is 1. The van der Waals surface area contributed by atoms with E-state index in [0.717, 1.165) is 0 Å². The van der Waals surface area contributed by atoms with E-state index in [4.69, 9.17) is 23.7 Å². The van der Waals surface area contributed by atoms with E-state index in [1.54, 1.807) is 6.07 Å². The van der Waals surface area contributed by atoms with Crippen LogP contribution in [0.25, 0.3) is 0 Å². The quantitative estimate of drug-likeness (QED) is 0.488. The van der Waals surface area contributed by atoms with Gasteiger partial charge in [0.15, 0.2) is 28.8 Å². The minimum atomic E-state index is -0.834. The third-order valence-electron chi connectivity index (χ3n) is 4.32. The van der Waals surface area contributed by atoms with Gasteiger partial charge >= 0.3 is 23.9 Å². The zero-order valence-electron chi connectivity index (χ0n) is 18.3. The monoisotopic (exact) mass is 456 g/mol. The molecule has 0 unspecified atom stereocenters. The predicted molar refractivity (Wildman–Crippen MR) is 110 cm³/mol. The Kier molecular flexibility index (Phi) is 6.76. The first kappa shape index (κ1) is 23.5. The van der Waals surface area contributed by atoms with Gasteiger partial charge in [0.05, 0.1) is 12.0 Å². The number of hydrogen-bond donors (Lipinski definition) is 0. The van der Waals surface area contributed by atoms with E-state index in [9.17, 15) is 24.0 Å². The van der Waals surface area contributed by atoms with Crippen LogP contribution >= 0.6 is 0 Å². The summed E-state index contributed by atoms with van der Waals surface area (Å²) in [5, 5.41) is 0. The molecular weight excluding hydrogens is 436 g/mol. The van der Waals surface area contributed by atoms with Crippen LogP contribution in [0.3, 0.4) is 0 Å². The molecule has 1 aliphatic heterocycles. The molecule has 10 heteroatoms. The molecule has 33 heavy (non-hydrogen) atoms. The molecule has 1 atom stereocenters. The Morgan fingerprint density at radius 3 is 1.94 bits per heavy atom. The summed E-state index contributed by atoms with van der Waals surface area (Å²) in [4.78, 5) is 58.6. The van der Waals surface area contributed by atoms with Crippen LogP contribution in [-0.4, -0.2) is 29.7 Å². The highest BCUT2D eigenvalue weighted by molar-refractivity contribution is 6.01. The number of esters is 4. The van der Waals surface area contributed by atoms with Gasteiger partial charge in [-0.3, -0.25) is 24.0 Å². The van der Waals surface area contributed by atoms with Crippen LogP contribution < -0.4 is 23.7 Å². The SMILES string of the molecule is CC(=O)Oc1cc(OC(C)=O)c2c(c1)C(=O)C[C@H](c1ccc(OC(C)=O)c(OC(C)=O)c1)O2. The zero-order valence-corrected chi connectivity index (χ0v) is 18.3. The minimum Gasteiger partial charge on any atom is -0.481 e. The van der Waals surface area contributed by atoms with Crippen molar-refractivity contribution in [1.82, 2.24) is 0 Å². The molecule has 0 amide bonds. The Morgan fingerprint density at radius 1 is 0.758 bits per heavy atom. The average Bonchev–Trinajstić information content (AvgIpc) is 2.68. The molecule has 0 saturated heterocycles. The van der Waals surface area contributed by atoms with Gasteiger partial charge in [-0.2, -0.15) is 0 Å². The van der Waals surface area contributed by atoms with Gasteiger partial charge in [0, 0.05) is 33.8 Å². The van der Waals surface area contributed by atoms with Gasteiger partial charge in [-0.1, -0.05) is 6.07 Å². The third kappa shape index (κ3) is 5.73. The zero-order chi connectivity index (χ0) is 24.3. The lowest BCUT2D eigenvalue weighted by Crippen LogP contribution is -2.22. The van der Waals surface area contributed by atoms with Crippen molar-refractivity contribution in [3.05, 3.63) is 41.5 Å². The molecular formula is C23H20O10. The Hall–Kier alpha value is -4.21. The lowest BCUT2D eigenvalue weighted by atomic mass is 9.95. The van der Waals surface area contributed by atoms with Crippen molar-refractivity contribution in [2.45, 2.75) is 40.2 Å². The molecule has 0 radical (unpaired) electrons. The molecule has 1 aliphatic rings. The molecule has 0 aromatic heterocycles. The van der Waals surface area contributed by atoms with Crippen LogP contribution in [0.4, 0.5) is 0 Å². The van der Waals surface area contributed by atoms with Crippen molar-refractivity contribution in [2.75, 3.05) is 0 Å². The number of rotatable bonds is 5. The van der Waals surface area contributed by atoms with E-state index in [1.165, 1.54) is 52.0 Å². The Balaban J connectivity index is 2.02. The summed E-state index contributed by atoms with van der Waals surface area (Å²) in [7, 11) is 0. The van der Waals surface area contributed by atoms with Crippen LogP contribution in [0, 0.1) is 0 Å². The van der Waals surface area contributed by atoms with E-state index >= 15 is 0 Å². The number of hydrogen-bond acceptors (Lipinski definition) is 10. The molecule has 1 heterocycles. The lowest BCUT2D eigenvalue weighted by Gasteiger charge is -2.27. The third-order valence-corrected chi connectivity index (χ3v) is 4.32. The van der Waals surface area contributed by atoms with Crippen molar-refractivity contribution >= 4 is 29.7 Å². The standard InChI is InChI=1S/C23H20O10/c1-11(24)29-16-8-17-18(28)10-20(33-23(17)22(9-16)32-14(4)27)15-5-6-19(30-12(2)25)21(7-15)31-13(3)26/h5-9,20H,10H2,1-4H3/t20-/m1/s1. The first-order valence-electron chi connectivity index (χ1n) is 9.79. The predicted octanol–water partition coefficient (Wildman–Crippen LogP) is 3.09. The van der Waals surface area contributed by atoms with Crippen LogP contribution in [0.1, 0.15) is 56.1 Å². The van der Waals surface area contributed by atoms with Crippen LogP contribution in [-0.2, 0) is 19.2 Å². The van der Waals surface area contributed by atoms with Crippen molar-refractivity contribution in [2.24, 2.45) is 0 Å². The maximum Gasteiger partial charge on any atom is 0.308 e. The van der Waals surface area contributed by atoms with E-state index in [-0.39, 0.29) is 46.5 Å². The van der Waals surface area contributed by atoms with Crippen molar-refractivity contribution in [1.29, 1.82) is 0 Å². The van der Waals surface area contributed by atoms with Crippen molar-refractivity contribution in [3.8, 4) is 28.7 Å². The number of carbonyl (C=O) groups excluding carboxylic acids is 5. The van der Waals surface area contributed by atoms with Gasteiger partial charge < -0.3 is 23.7 Å². The second-order valence-electron chi connectivity index (χ2n) is 7.11. The van der Waals surface area contributed by atoms with Crippen LogP contribution in [0.15, 0.2) is 30.3 Å². The molecule has 0 aliphatic carbocycles. The minimum absolute atomic E-state index is 0.000417. The van der Waals surface area contributed by atoms with Crippen LogP contribution in [0.2, 0.25) is 0 Å². The fourth-order valence-corrected chi connectivity index (χ4v) is 3.21. The van der Waals surface area contributed by atoms with E-state index in [2.05, 4.69) is 0 Å². The smallest absolute Gasteiger partial charge is 0.308 e. The molecule has 0 N–H and O–H groups in total. The highest BCUT2D eigenvalue weighted by Crippen LogP contribution is 2.45. The summed E-state index contributed by atoms with van der Waals surface area (Å²) in [6.07, 6.45) is -0.942. The van der Waals surface area contributed by atoms with Gasteiger partial charge in [0.2, 0.25) is 0 Å². The first-order chi connectivity index (χ1) is 15.5. The first-order valence-corrected chi connectivity index (χ1v) is 9.79.